The molecule has 2 aliphatic rings. The lowest BCUT2D eigenvalue weighted by molar-refractivity contribution is 0.189. The third-order valence-electron chi connectivity index (χ3n) is 8.56. The van der Waals surface area contributed by atoms with Crippen LogP contribution in [0.3, 0.4) is 0 Å². The summed E-state index contributed by atoms with van der Waals surface area (Å²) in [6.07, 6.45) is 7.40. The Morgan fingerprint density at radius 3 is 1.56 bits per heavy atom. The molecule has 2 aliphatic heterocycles. The highest BCUT2D eigenvalue weighted by atomic mass is 32.1. The Labute approximate surface area is 270 Å². The lowest BCUT2D eigenvalue weighted by Crippen LogP contribution is -2.37. The van der Waals surface area contributed by atoms with E-state index < -0.39 is 0 Å². The van der Waals surface area contributed by atoms with Gasteiger partial charge in [-0.3, -0.25) is 0 Å². The molecule has 0 spiro atoms. The fourth-order valence-electron chi connectivity index (χ4n) is 6.00. The molecule has 14 heteroatoms. The maximum Gasteiger partial charge on any atom is 0.228 e. The maximum atomic E-state index is 5.47. The number of nitrogens with zero attached hydrogens (tertiary/aromatic N) is 9. The number of methoxy groups -OCH3 is 4. The van der Waals surface area contributed by atoms with Crippen molar-refractivity contribution in [3.05, 3.63) is 16.6 Å². The third-order valence-corrected chi connectivity index (χ3v) is 9.50. The standard InChI is InChI=1S/C31H49N9O4S/c1-41-19-15-39(16-20-42-2)30-34-26-25(27(35-30)37-11-6-5-7-12-37)33-31(40(17-21-43-3)18-22-44-4)36-28(26)38-13-8-24(9-14-38)29-32-10-23-45-29/h10,23-24H,5-9,11-22H2,1-4H3. The fraction of sp³-hybridized carbons (Fsp3) is 0.710. The molecule has 0 amide bonds. The first kappa shape index (κ1) is 33.5. The Morgan fingerprint density at radius 1 is 0.667 bits per heavy atom. The second-order valence-electron chi connectivity index (χ2n) is 11.5. The summed E-state index contributed by atoms with van der Waals surface area (Å²) < 4.78 is 21.9. The van der Waals surface area contributed by atoms with Crippen molar-refractivity contribution in [1.29, 1.82) is 0 Å². The van der Waals surface area contributed by atoms with E-state index in [1.807, 2.05) is 6.20 Å². The molecule has 0 atom stereocenters. The molecule has 0 N–H and O–H groups in total. The SMILES string of the molecule is COCCN(CCOC)c1nc(N2CCC(c3nccs3)CC2)c2nc(N(CCOC)CCOC)nc(N3CCCCC3)c2n1. The smallest absolute Gasteiger partial charge is 0.228 e. The van der Waals surface area contributed by atoms with E-state index >= 15 is 0 Å². The number of hydrogen-bond acceptors (Lipinski definition) is 14. The Bertz CT molecular complexity index is 1290. The highest BCUT2D eigenvalue weighted by Crippen LogP contribution is 2.37. The maximum absolute atomic E-state index is 5.47. The van der Waals surface area contributed by atoms with Gasteiger partial charge in [-0.1, -0.05) is 0 Å². The zero-order chi connectivity index (χ0) is 31.4. The van der Waals surface area contributed by atoms with E-state index in [9.17, 15) is 0 Å². The summed E-state index contributed by atoms with van der Waals surface area (Å²) in [6, 6.07) is 0. The van der Waals surface area contributed by atoms with Gasteiger partial charge in [-0.05, 0) is 32.1 Å². The van der Waals surface area contributed by atoms with E-state index in [0.29, 0.717) is 70.4 Å². The van der Waals surface area contributed by atoms with Gasteiger partial charge in [-0.15, -0.1) is 11.3 Å². The largest absolute Gasteiger partial charge is 0.383 e. The van der Waals surface area contributed by atoms with Gasteiger partial charge in [-0.2, -0.15) is 9.97 Å². The predicted molar refractivity (Wildman–Crippen MR) is 179 cm³/mol. The van der Waals surface area contributed by atoms with E-state index in [0.717, 1.165) is 74.5 Å². The molecule has 0 bridgehead atoms. The minimum atomic E-state index is 0.460. The van der Waals surface area contributed by atoms with Crippen LogP contribution in [0.15, 0.2) is 11.6 Å². The number of fused-ring (bicyclic) bond motifs is 1. The van der Waals surface area contributed by atoms with Gasteiger partial charge in [0.1, 0.15) is 11.0 Å². The van der Waals surface area contributed by atoms with Crippen molar-refractivity contribution in [2.45, 2.75) is 38.0 Å². The number of rotatable bonds is 17. The molecule has 13 nitrogen and oxygen atoms in total. The number of aromatic nitrogens is 5. The zero-order valence-corrected chi connectivity index (χ0v) is 28.1. The molecule has 3 aromatic rings. The van der Waals surface area contributed by atoms with E-state index in [4.69, 9.17) is 38.9 Å². The van der Waals surface area contributed by atoms with Crippen molar-refractivity contribution in [2.75, 3.05) is 127 Å². The van der Waals surface area contributed by atoms with Crippen LogP contribution in [-0.2, 0) is 18.9 Å². The van der Waals surface area contributed by atoms with Crippen LogP contribution in [0.2, 0.25) is 0 Å². The Hall–Kier alpha value is -2.91. The lowest BCUT2D eigenvalue weighted by Gasteiger charge is -2.34. The van der Waals surface area contributed by atoms with Crippen molar-refractivity contribution in [2.24, 2.45) is 0 Å². The quantitative estimate of drug-likeness (QED) is 0.214. The van der Waals surface area contributed by atoms with Gasteiger partial charge >= 0.3 is 0 Å². The molecule has 2 fully saturated rings. The second kappa shape index (κ2) is 17.1. The van der Waals surface area contributed by atoms with Crippen molar-refractivity contribution in [3.63, 3.8) is 0 Å². The topological polar surface area (TPSA) is 114 Å². The van der Waals surface area contributed by atoms with Crippen LogP contribution in [0.25, 0.3) is 11.0 Å². The summed E-state index contributed by atoms with van der Waals surface area (Å²) in [7, 11) is 6.88. The van der Waals surface area contributed by atoms with Crippen LogP contribution in [0.1, 0.15) is 43.0 Å². The average molecular weight is 644 g/mol. The van der Waals surface area contributed by atoms with Gasteiger partial charge in [0, 0.05) is 98.3 Å². The van der Waals surface area contributed by atoms with Gasteiger partial charge in [0.2, 0.25) is 11.9 Å². The van der Waals surface area contributed by atoms with Crippen molar-refractivity contribution in [3.8, 4) is 0 Å². The highest BCUT2D eigenvalue weighted by Gasteiger charge is 2.29. The van der Waals surface area contributed by atoms with Crippen LogP contribution in [0.4, 0.5) is 23.5 Å². The van der Waals surface area contributed by atoms with E-state index in [2.05, 4.69) is 30.0 Å². The number of hydrogen-bond donors (Lipinski definition) is 0. The van der Waals surface area contributed by atoms with Gasteiger partial charge in [0.05, 0.1) is 31.4 Å². The van der Waals surface area contributed by atoms with E-state index in [1.165, 1.54) is 11.4 Å². The lowest BCUT2D eigenvalue weighted by atomic mass is 9.97. The first-order valence-corrected chi connectivity index (χ1v) is 17.0. The van der Waals surface area contributed by atoms with Gasteiger partial charge in [0.25, 0.3) is 0 Å². The molecule has 3 aromatic heterocycles. The Kier molecular flexibility index (Phi) is 12.7. The molecular formula is C31H49N9O4S. The second-order valence-corrected chi connectivity index (χ2v) is 12.4. The monoisotopic (exact) mass is 643 g/mol. The molecular weight excluding hydrogens is 594 g/mol. The van der Waals surface area contributed by atoms with E-state index in [1.54, 1.807) is 39.8 Å². The molecule has 2 saturated heterocycles. The first-order chi connectivity index (χ1) is 22.2. The average Bonchev–Trinajstić information content (AvgIpc) is 3.63. The minimum absolute atomic E-state index is 0.460. The van der Waals surface area contributed by atoms with Crippen LogP contribution in [0.5, 0.6) is 0 Å². The van der Waals surface area contributed by atoms with Crippen LogP contribution >= 0.6 is 11.3 Å². The van der Waals surface area contributed by atoms with Gasteiger partial charge in [0.15, 0.2) is 11.6 Å². The Balaban J connectivity index is 1.64. The minimum Gasteiger partial charge on any atom is -0.383 e. The van der Waals surface area contributed by atoms with Crippen LogP contribution in [-0.4, -0.2) is 132 Å². The van der Waals surface area contributed by atoms with Crippen molar-refractivity contribution >= 4 is 45.9 Å². The molecule has 0 saturated carbocycles. The van der Waals surface area contributed by atoms with Gasteiger partial charge in [-0.25, -0.2) is 15.0 Å². The third kappa shape index (κ3) is 8.47. The molecule has 248 valence electrons. The first-order valence-electron chi connectivity index (χ1n) is 16.1. The van der Waals surface area contributed by atoms with Crippen molar-refractivity contribution < 1.29 is 18.9 Å². The summed E-state index contributed by atoms with van der Waals surface area (Å²) in [5.41, 5.74) is 1.58. The summed E-state index contributed by atoms with van der Waals surface area (Å²) >= 11 is 1.75. The van der Waals surface area contributed by atoms with E-state index in [-0.39, 0.29) is 0 Å². The predicted octanol–water partition coefficient (Wildman–Crippen LogP) is 3.45. The molecule has 0 aromatic carbocycles. The molecule has 0 radical (unpaired) electrons. The summed E-state index contributed by atoms with van der Waals surface area (Å²) in [5, 5.41) is 3.29. The fourth-order valence-corrected chi connectivity index (χ4v) is 6.81. The summed E-state index contributed by atoms with van der Waals surface area (Å²) in [5.74, 6) is 3.49. The number of anilines is 4. The van der Waals surface area contributed by atoms with Crippen LogP contribution < -0.4 is 19.6 Å². The number of piperidine rings is 2. The zero-order valence-electron chi connectivity index (χ0n) is 27.3. The molecule has 0 unspecified atom stereocenters. The summed E-state index contributed by atoms with van der Waals surface area (Å²) in [4.78, 5) is 34.6. The molecule has 5 rings (SSSR count). The number of thiazole rings is 1. The number of ether oxygens (including phenoxy) is 4. The summed E-state index contributed by atoms with van der Waals surface area (Å²) in [6.45, 7) is 8.44. The molecule has 5 heterocycles. The normalized spacial score (nSPS) is 16.1. The highest BCUT2D eigenvalue weighted by molar-refractivity contribution is 7.09. The Morgan fingerprint density at radius 2 is 1.13 bits per heavy atom. The van der Waals surface area contributed by atoms with Gasteiger partial charge < -0.3 is 38.5 Å². The molecule has 45 heavy (non-hydrogen) atoms. The van der Waals surface area contributed by atoms with Crippen molar-refractivity contribution in [1.82, 2.24) is 24.9 Å². The molecule has 0 aliphatic carbocycles. The van der Waals surface area contributed by atoms with Crippen LogP contribution in [0, 0.1) is 0 Å².